The Labute approximate surface area is 117 Å². The maximum Gasteiger partial charge on any atom is 0.303 e. The first-order chi connectivity index (χ1) is 9.58. The van der Waals surface area contributed by atoms with Crippen molar-refractivity contribution < 1.29 is 19.7 Å². The van der Waals surface area contributed by atoms with E-state index in [9.17, 15) is 9.90 Å². The summed E-state index contributed by atoms with van der Waals surface area (Å²) >= 11 is 0. The summed E-state index contributed by atoms with van der Waals surface area (Å²) in [4.78, 5) is 10.6. The van der Waals surface area contributed by atoms with E-state index in [-0.39, 0.29) is 18.6 Å². The van der Waals surface area contributed by atoms with Gasteiger partial charge in [-0.15, -0.1) is 0 Å². The molecular formula is C16H16O4. The van der Waals surface area contributed by atoms with Crippen molar-refractivity contribution in [3.8, 4) is 17.2 Å². The second kappa shape index (κ2) is 6.10. The molecule has 0 atom stereocenters. The molecule has 0 saturated carbocycles. The summed E-state index contributed by atoms with van der Waals surface area (Å²) < 4.78 is 5.69. The average molecular weight is 272 g/mol. The maximum atomic E-state index is 10.6. The molecule has 2 aromatic carbocycles. The van der Waals surface area contributed by atoms with E-state index in [0.29, 0.717) is 17.1 Å². The number of aliphatic carboxylic acids is 1. The average Bonchev–Trinajstić information content (AvgIpc) is 2.42. The van der Waals surface area contributed by atoms with Crippen LogP contribution in [0, 0.1) is 6.92 Å². The molecule has 4 nitrogen and oxygen atoms in total. The first kappa shape index (κ1) is 13.9. The molecule has 2 aromatic rings. The van der Waals surface area contributed by atoms with Gasteiger partial charge >= 0.3 is 5.97 Å². The monoisotopic (exact) mass is 272 g/mol. The largest absolute Gasteiger partial charge is 0.504 e. The number of carboxylic acid groups (broad SMARTS) is 1. The van der Waals surface area contributed by atoms with Gasteiger partial charge in [0.05, 0.1) is 0 Å². The summed E-state index contributed by atoms with van der Waals surface area (Å²) in [5, 5.41) is 18.8. The minimum atomic E-state index is -0.894. The fourth-order valence-electron chi connectivity index (χ4n) is 1.88. The van der Waals surface area contributed by atoms with Crippen LogP contribution in [0.4, 0.5) is 0 Å². The van der Waals surface area contributed by atoms with Gasteiger partial charge in [-0.25, -0.2) is 0 Å². The second-order valence-corrected chi connectivity index (χ2v) is 4.53. The third-order valence-electron chi connectivity index (χ3n) is 3.00. The summed E-state index contributed by atoms with van der Waals surface area (Å²) in [5.41, 5.74) is 1.53. The van der Waals surface area contributed by atoms with Gasteiger partial charge in [-0.1, -0.05) is 30.3 Å². The molecule has 4 heteroatoms. The Morgan fingerprint density at radius 1 is 1.10 bits per heavy atom. The van der Waals surface area contributed by atoms with Crippen LogP contribution in [-0.2, 0) is 11.2 Å². The van der Waals surface area contributed by atoms with Crippen LogP contribution in [0.2, 0.25) is 0 Å². The first-order valence-corrected chi connectivity index (χ1v) is 6.34. The number of aryl methyl sites for hydroxylation is 2. The van der Waals surface area contributed by atoms with Crippen LogP contribution in [0.1, 0.15) is 17.5 Å². The van der Waals surface area contributed by atoms with Crippen LogP contribution in [0.15, 0.2) is 42.5 Å². The lowest BCUT2D eigenvalue weighted by Gasteiger charge is -2.12. The number of carboxylic acids is 1. The number of hydrogen-bond acceptors (Lipinski definition) is 3. The van der Waals surface area contributed by atoms with Gasteiger partial charge < -0.3 is 14.9 Å². The Balaban J connectivity index is 2.22. The highest BCUT2D eigenvalue weighted by Crippen LogP contribution is 2.35. The van der Waals surface area contributed by atoms with Gasteiger partial charge in [0, 0.05) is 6.42 Å². The summed E-state index contributed by atoms with van der Waals surface area (Å²) in [7, 11) is 0. The Bertz CT molecular complexity index is 620. The van der Waals surface area contributed by atoms with Crippen molar-refractivity contribution in [2.75, 3.05) is 0 Å². The predicted molar refractivity (Wildman–Crippen MR) is 75.3 cm³/mol. The van der Waals surface area contributed by atoms with Crippen molar-refractivity contribution in [1.82, 2.24) is 0 Å². The molecule has 0 saturated heterocycles. The molecule has 0 aliphatic carbocycles. The summed E-state index contributed by atoms with van der Waals surface area (Å²) in [5.74, 6) is 0.104. The summed E-state index contributed by atoms with van der Waals surface area (Å²) in [6.45, 7) is 1.92. The number of carbonyl (C=O) groups is 1. The lowest BCUT2D eigenvalue weighted by molar-refractivity contribution is -0.136. The molecule has 0 spiro atoms. The van der Waals surface area contributed by atoms with Crippen molar-refractivity contribution in [2.24, 2.45) is 0 Å². The molecule has 0 aromatic heterocycles. The predicted octanol–water partition coefficient (Wildman–Crippen LogP) is 3.51. The molecule has 0 amide bonds. The van der Waals surface area contributed by atoms with Crippen molar-refractivity contribution in [1.29, 1.82) is 0 Å². The van der Waals surface area contributed by atoms with Gasteiger partial charge in [0.1, 0.15) is 5.75 Å². The molecule has 2 rings (SSSR count). The van der Waals surface area contributed by atoms with Crippen molar-refractivity contribution in [3.63, 3.8) is 0 Å². The Morgan fingerprint density at radius 2 is 1.80 bits per heavy atom. The fourth-order valence-corrected chi connectivity index (χ4v) is 1.88. The second-order valence-electron chi connectivity index (χ2n) is 4.53. The van der Waals surface area contributed by atoms with Gasteiger partial charge in [0.2, 0.25) is 0 Å². The molecule has 104 valence electrons. The van der Waals surface area contributed by atoms with Crippen molar-refractivity contribution >= 4 is 5.97 Å². The molecule has 0 radical (unpaired) electrons. The van der Waals surface area contributed by atoms with E-state index in [0.717, 1.165) is 5.56 Å². The van der Waals surface area contributed by atoms with Gasteiger partial charge in [0.15, 0.2) is 11.5 Å². The number of rotatable bonds is 5. The highest BCUT2D eigenvalue weighted by molar-refractivity contribution is 5.67. The van der Waals surface area contributed by atoms with Gasteiger partial charge in [-0.05, 0) is 36.6 Å². The summed E-state index contributed by atoms with van der Waals surface area (Å²) in [6, 6.07) is 12.6. The van der Waals surface area contributed by atoms with E-state index in [4.69, 9.17) is 9.84 Å². The van der Waals surface area contributed by atoms with E-state index in [1.807, 2.05) is 31.2 Å². The van der Waals surface area contributed by atoms with Crippen molar-refractivity contribution in [3.05, 3.63) is 53.6 Å². The number of aromatic hydroxyl groups is 1. The maximum absolute atomic E-state index is 10.6. The van der Waals surface area contributed by atoms with Crippen LogP contribution in [0.25, 0.3) is 0 Å². The lowest BCUT2D eigenvalue weighted by Crippen LogP contribution is -1.98. The van der Waals surface area contributed by atoms with Gasteiger partial charge in [-0.3, -0.25) is 4.79 Å². The molecule has 0 aliphatic rings. The number of phenols is 1. The minimum absolute atomic E-state index is 0.00277. The zero-order valence-corrected chi connectivity index (χ0v) is 11.2. The molecule has 0 bridgehead atoms. The standard InChI is InChI=1S/C16H16O4/c1-11-5-2-3-7-13(11)20-14-8-4-6-12(16(14)19)9-10-15(17)18/h2-8,19H,9-10H2,1H3,(H,17,18). The Morgan fingerprint density at radius 3 is 2.50 bits per heavy atom. The fraction of sp³-hybridized carbons (Fsp3) is 0.188. The third kappa shape index (κ3) is 3.29. The first-order valence-electron chi connectivity index (χ1n) is 6.34. The van der Waals surface area contributed by atoms with Crippen LogP contribution >= 0.6 is 0 Å². The van der Waals surface area contributed by atoms with Gasteiger partial charge in [0.25, 0.3) is 0 Å². The topological polar surface area (TPSA) is 66.8 Å². The smallest absolute Gasteiger partial charge is 0.303 e. The van der Waals surface area contributed by atoms with E-state index in [2.05, 4.69) is 0 Å². The number of hydrogen-bond donors (Lipinski definition) is 2. The molecule has 0 fully saturated rings. The van der Waals surface area contributed by atoms with E-state index in [1.165, 1.54) is 0 Å². The molecule has 0 heterocycles. The van der Waals surface area contributed by atoms with Crippen LogP contribution < -0.4 is 4.74 Å². The van der Waals surface area contributed by atoms with E-state index >= 15 is 0 Å². The van der Waals surface area contributed by atoms with E-state index in [1.54, 1.807) is 18.2 Å². The van der Waals surface area contributed by atoms with Gasteiger partial charge in [-0.2, -0.15) is 0 Å². The molecular weight excluding hydrogens is 256 g/mol. The summed E-state index contributed by atoms with van der Waals surface area (Å²) in [6.07, 6.45) is 0.244. The zero-order valence-electron chi connectivity index (χ0n) is 11.2. The Kier molecular flexibility index (Phi) is 4.25. The molecule has 0 aliphatic heterocycles. The molecule has 2 N–H and O–H groups in total. The quantitative estimate of drug-likeness (QED) is 0.874. The highest BCUT2D eigenvalue weighted by Gasteiger charge is 2.11. The SMILES string of the molecule is Cc1ccccc1Oc1cccc(CCC(=O)O)c1O. The van der Waals surface area contributed by atoms with Crippen LogP contribution in [0.5, 0.6) is 17.2 Å². The highest BCUT2D eigenvalue weighted by atomic mass is 16.5. The zero-order chi connectivity index (χ0) is 14.5. The normalized spacial score (nSPS) is 10.2. The molecule has 0 unspecified atom stereocenters. The van der Waals surface area contributed by atoms with Crippen LogP contribution in [-0.4, -0.2) is 16.2 Å². The van der Waals surface area contributed by atoms with Crippen LogP contribution in [0.3, 0.4) is 0 Å². The third-order valence-corrected chi connectivity index (χ3v) is 3.00. The minimum Gasteiger partial charge on any atom is -0.504 e. The number of para-hydroxylation sites is 2. The lowest BCUT2D eigenvalue weighted by atomic mass is 10.1. The Hall–Kier alpha value is -2.49. The molecule has 20 heavy (non-hydrogen) atoms. The van der Waals surface area contributed by atoms with E-state index < -0.39 is 5.97 Å². The number of ether oxygens (including phenoxy) is 1. The number of phenolic OH excluding ortho intramolecular Hbond substituents is 1. The number of benzene rings is 2. The van der Waals surface area contributed by atoms with Crippen molar-refractivity contribution in [2.45, 2.75) is 19.8 Å².